The predicted molar refractivity (Wildman–Crippen MR) is 81.6 cm³/mol. The number of hydrogen-bond acceptors (Lipinski definition) is 4. The fourth-order valence-electron chi connectivity index (χ4n) is 1.65. The van der Waals surface area contributed by atoms with E-state index in [1.807, 2.05) is 19.1 Å². The van der Waals surface area contributed by atoms with Crippen molar-refractivity contribution in [2.45, 2.75) is 6.92 Å². The van der Waals surface area contributed by atoms with Gasteiger partial charge in [0.1, 0.15) is 0 Å². The monoisotopic (exact) mass is 302 g/mol. The van der Waals surface area contributed by atoms with E-state index in [-0.39, 0.29) is 11.3 Å². The zero-order valence-electron chi connectivity index (χ0n) is 11.4. The molecular weight excluding hydrogens is 288 g/mol. The lowest BCUT2D eigenvalue weighted by Crippen LogP contribution is -2.06. The Morgan fingerprint density at radius 1 is 1.00 bits per heavy atom. The lowest BCUT2D eigenvalue weighted by Gasteiger charge is -2.05. The molecule has 0 aliphatic rings. The SMILES string of the molecule is Cc1ccc(/C=C/S(=O)(=O)Oc2ccccc2C=O)cc1. The first-order chi connectivity index (χ1) is 10.00. The zero-order chi connectivity index (χ0) is 15.3. The van der Waals surface area contributed by atoms with E-state index in [0.717, 1.165) is 16.5 Å². The smallest absolute Gasteiger partial charge is 0.332 e. The average molecular weight is 302 g/mol. The Labute approximate surface area is 123 Å². The second kappa shape index (κ2) is 6.37. The lowest BCUT2D eigenvalue weighted by atomic mass is 10.2. The maximum Gasteiger partial charge on any atom is 0.332 e. The molecule has 0 amide bonds. The molecule has 0 saturated carbocycles. The van der Waals surface area contributed by atoms with Crippen molar-refractivity contribution in [3.8, 4) is 5.75 Å². The minimum Gasteiger partial charge on any atom is -0.379 e. The molecule has 0 unspecified atom stereocenters. The summed E-state index contributed by atoms with van der Waals surface area (Å²) in [5.41, 5.74) is 2.02. The van der Waals surface area contributed by atoms with Crippen LogP contribution in [0.25, 0.3) is 6.08 Å². The van der Waals surface area contributed by atoms with Crippen LogP contribution in [0.5, 0.6) is 5.75 Å². The Morgan fingerprint density at radius 2 is 1.67 bits per heavy atom. The number of aryl methyl sites for hydroxylation is 1. The van der Waals surface area contributed by atoms with Gasteiger partial charge in [-0.1, -0.05) is 42.0 Å². The first-order valence-corrected chi connectivity index (χ1v) is 7.71. The first-order valence-electron chi connectivity index (χ1n) is 6.23. The normalized spacial score (nSPS) is 11.5. The van der Waals surface area contributed by atoms with E-state index in [4.69, 9.17) is 4.18 Å². The molecule has 0 heterocycles. The molecule has 0 aliphatic carbocycles. The highest BCUT2D eigenvalue weighted by molar-refractivity contribution is 7.90. The molecule has 0 aromatic heterocycles. The van der Waals surface area contributed by atoms with Gasteiger partial charge in [0, 0.05) is 0 Å². The molecule has 2 aromatic carbocycles. The number of rotatable bonds is 5. The van der Waals surface area contributed by atoms with Crippen LogP contribution in [0.1, 0.15) is 21.5 Å². The van der Waals surface area contributed by atoms with Crippen molar-refractivity contribution in [2.75, 3.05) is 0 Å². The van der Waals surface area contributed by atoms with Crippen LogP contribution in [0.15, 0.2) is 53.9 Å². The summed E-state index contributed by atoms with van der Waals surface area (Å²) in [6.45, 7) is 1.95. The van der Waals surface area contributed by atoms with Gasteiger partial charge in [0.2, 0.25) is 0 Å². The minimum absolute atomic E-state index is 0.0149. The highest BCUT2D eigenvalue weighted by Gasteiger charge is 2.11. The van der Waals surface area contributed by atoms with Crippen molar-refractivity contribution in [3.05, 3.63) is 70.6 Å². The first kappa shape index (κ1) is 15.0. The molecule has 4 nitrogen and oxygen atoms in total. The van der Waals surface area contributed by atoms with Crippen molar-refractivity contribution in [1.82, 2.24) is 0 Å². The summed E-state index contributed by atoms with van der Waals surface area (Å²) in [5.74, 6) is 0.0149. The van der Waals surface area contributed by atoms with E-state index in [1.165, 1.54) is 18.2 Å². The van der Waals surface area contributed by atoms with Crippen LogP contribution in [0.4, 0.5) is 0 Å². The molecule has 2 rings (SSSR count). The van der Waals surface area contributed by atoms with Gasteiger partial charge in [-0.15, -0.1) is 0 Å². The Morgan fingerprint density at radius 3 is 2.33 bits per heavy atom. The van der Waals surface area contributed by atoms with Gasteiger partial charge in [-0.05, 0) is 30.7 Å². The van der Waals surface area contributed by atoms with Gasteiger partial charge in [-0.25, -0.2) is 0 Å². The van der Waals surface area contributed by atoms with Gasteiger partial charge in [-0.2, -0.15) is 8.42 Å². The molecule has 0 saturated heterocycles. The van der Waals surface area contributed by atoms with Crippen LogP contribution < -0.4 is 4.18 Å². The van der Waals surface area contributed by atoms with E-state index < -0.39 is 10.1 Å². The third-order valence-corrected chi connectivity index (χ3v) is 3.64. The fraction of sp³-hybridized carbons (Fsp3) is 0.0625. The fourth-order valence-corrected chi connectivity index (χ4v) is 2.43. The third-order valence-electron chi connectivity index (χ3n) is 2.76. The van der Waals surface area contributed by atoms with Crippen molar-refractivity contribution in [2.24, 2.45) is 0 Å². The van der Waals surface area contributed by atoms with E-state index in [0.29, 0.717) is 6.29 Å². The van der Waals surface area contributed by atoms with Crippen LogP contribution in [0.2, 0.25) is 0 Å². The molecule has 0 atom stereocenters. The van der Waals surface area contributed by atoms with Crippen molar-refractivity contribution in [3.63, 3.8) is 0 Å². The minimum atomic E-state index is -3.91. The van der Waals surface area contributed by atoms with Gasteiger partial charge in [-0.3, -0.25) is 4.79 Å². The molecule has 0 aliphatic heterocycles. The van der Waals surface area contributed by atoms with Crippen LogP contribution >= 0.6 is 0 Å². The topological polar surface area (TPSA) is 60.4 Å². The van der Waals surface area contributed by atoms with E-state index in [1.54, 1.807) is 24.3 Å². The van der Waals surface area contributed by atoms with Gasteiger partial charge < -0.3 is 4.18 Å². The maximum absolute atomic E-state index is 11.9. The quantitative estimate of drug-likeness (QED) is 0.628. The second-order valence-corrected chi connectivity index (χ2v) is 5.87. The highest BCUT2D eigenvalue weighted by Crippen LogP contribution is 2.18. The molecule has 21 heavy (non-hydrogen) atoms. The third kappa shape index (κ3) is 4.29. The van der Waals surface area contributed by atoms with Crippen molar-refractivity contribution in [1.29, 1.82) is 0 Å². The van der Waals surface area contributed by atoms with E-state index in [9.17, 15) is 13.2 Å². The molecular formula is C16H14O4S. The Bertz CT molecular complexity index is 759. The number of benzene rings is 2. The summed E-state index contributed by atoms with van der Waals surface area (Å²) in [6.07, 6.45) is 1.99. The largest absolute Gasteiger partial charge is 0.379 e. The standard InChI is InChI=1S/C16H14O4S/c1-13-6-8-14(9-7-13)10-11-21(18,19)20-16-5-3-2-4-15(16)12-17/h2-12H,1H3/b11-10+. The molecule has 0 spiro atoms. The van der Waals surface area contributed by atoms with Gasteiger partial charge in [0.05, 0.1) is 11.0 Å². The molecule has 108 valence electrons. The number of aldehydes is 1. The second-order valence-electron chi connectivity index (χ2n) is 4.45. The number of carbonyl (C=O) groups excluding carboxylic acids is 1. The zero-order valence-corrected chi connectivity index (χ0v) is 12.2. The molecule has 0 fully saturated rings. The molecule has 0 radical (unpaired) electrons. The Hall–Kier alpha value is -2.40. The summed E-state index contributed by atoms with van der Waals surface area (Å²) in [6, 6.07) is 13.5. The van der Waals surface area contributed by atoms with Gasteiger partial charge in [0.25, 0.3) is 0 Å². The average Bonchev–Trinajstić information content (AvgIpc) is 2.47. The van der Waals surface area contributed by atoms with Crippen molar-refractivity contribution >= 4 is 22.5 Å². The maximum atomic E-state index is 11.9. The van der Waals surface area contributed by atoms with Crippen molar-refractivity contribution < 1.29 is 17.4 Å². The number of carbonyl (C=O) groups is 1. The van der Waals surface area contributed by atoms with Crippen LogP contribution in [-0.2, 0) is 10.1 Å². The summed E-state index contributed by atoms with van der Waals surface area (Å²) in [7, 11) is -3.91. The Balaban J connectivity index is 2.19. The van der Waals surface area contributed by atoms with E-state index >= 15 is 0 Å². The van der Waals surface area contributed by atoms with Gasteiger partial charge in [0.15, 0.2) is 12.0 Å². The highest BCUT2D eigenvalue weighted by atomic mass is 32.2. The van der Waals surface area contributed by atoms with Gasteiger partial charge >= 0.3 is 10.1 Å². The Kier molecular flexibility index (Phi) is 4.55. The molecule has 0 bridgehead atoms. The molecule has 0 N–H and O–H groups in total. The summed E-state index contributed by atoms with van der Waals surface area (Å²) < 4.78 is 28.7. The summed E-state index contributed by atoms with van der Waals surface area (Å²) in [5, 5.41) is 0.971. The molecule has 2 aromatic rings. The summed E-state index contributed by atoms with van der Waals surface area (Å²) >= 11 is 0. The van der Waals surface area contributed by atoms with Crippen LogP contribution in [-0.4, -0.2) is 14.7 Å². The van der Waals surface area contributed by atoms with E-state index in [2.05, 4.69) is 0 Å². The molecule has 5 heteroatoms. The summed E-state index contributed by atoms with van der Waals surface area (Å²) in [4.78, 5) is 10.8. The van der Waals surface area contributed by atoms with Crippen LogP contribution in [0, 0.1) is 6.92 Å². The number of hydrogen-bond donors (Lipinski definition) is 0. The number of para-hydroxylation sites is 1. The lowest BCUT2D eigenvalue weighted by molar-refractivity contribution is 0.112. The van der Waals surface area contributed by atoms with Crippen LogP contribution in [0.3, 0.4) is 0 Å². The predicted octanol–water partition coefficient (Wildman–Crippen LogP) is 3.19.